The van der Waals surface area contributed by atoms with Crippen LogP contribution in [0.5, 0.6) is 5.88 Å². The minimum Gasteiger partial charge on any atom is -0.475 e. The van der Waals surface area contributed by atoms with E-state index in [9.17, 15) is 5.11 Å². The van der Waals surface area contributed by atoms with Gasteiger partial charge in [-0.05, 0) is 57.5 Å². The van der Waals surface area contributed by atoms with Crippen LogP contribution in [0.4, 0.5) is 11.4 Å². The number of aromatic amines is 1. The van der Waals surface area contributed by atoms with E-state index < -0.39 is 5.60 Å². The summed E-state index contributed by atoms with van der Waals surface area (Å²) < 4.78 is 11.2. The number of aliphatic hydroxyl groups is 1. The minimum atomic E-state index is -0.945. The number of hydrazone groups is 1. The summed E-state index contributed by atoms with van der Waals surface area (Å²) in [5.74, 6) is 0.456. The van der Waals surface area contributed by atoms with Crippen LogP contribution in [-0.2, 0) is 4.74 Å². The fourth-order valence-corrected chi connectivity index (χ4v) is 3.61. The van der Waals surface area contributed by atoms with Gasteiger partial charge in [0, 0.05) is 41.4 Å². The van der Waals surface area contributed by atoms with Gasteiger partial charge >= 0.3 is 0 Å². The molecule has 4 rings (SSSR count). The van der Waals surface area contributed by atoms with E-state index in [1.165, 1.54) is 16.6 Å². The number of hydrogen-bond donors (Lipinski definition) is 3. The number of pyridine rings is 1. The molecule has 0 amide bonds. The lowest BCUT2D eigenvalue weighted by molar-refractivity contribution is 0.0268. The number of morpholine rings is 1. The first-order chi connectivity index (χ1) is 15.3. The Kier molecular flexibility index (Phi) is 6.34. The third-order valence-corrected chi connectivity index (χ3v) is 5.45. The average Bonchev–Trinajstić information content (AvgIpc) is 3.06. The van der Waals surface area contributed by atoms with E-state index in [0.29, 0.717) is 24.8 Å². The molecular weight excluding hydrogens is 406 g/mol. The van der Waals surface area contributed by atoms with E-state index >= 15 is 0 Å². The van der Waals surface area contributed by atoms with E-state index in [1.54, 1.807) is 20.1 Å². The molecule has 0 spiro atoms. The van der Waals surface area contributed by atoms with Gasteiger partial charge in [0.05, 0.1) is 36.4 Å². The van der Waals surface area contributed by atoms with Crippen LogP contribution in [0.2, 0.25) is 0 Å². The lowest BCUT2D eigenvalue weighted by atomic mass is 10.1. The van der Waals surface area contributed by atoms with Crippen LogP contribution in [-0.4, -0.2) is 59.8 Å². The van der Waals surface area contributed by atoms with E-state index in [0.717, 1.165) is 30.0 Å². The van der Waals surface area contributed by atoms with Crippen LogP contribution < -0.4 is 15.1 Å². The second-order valence-corrected chi connectivity index (χ2v) is 8.79. The van der Waals surface area contributed by atoms with Crippen LogP contribution in [0, 0.1) is 13.8 Å². The maximum atomic E-state index is 10.0. The lowest BCUT2D eigenvalue weighted by Gasteiger charge is -2.29. The summed E-state index contributed by atoms with van der Waals surface area (Å²) in [6.45, 7) is 10.7. The standard InChI is InChI=1S/C24H31N5O3/c1-16-17(2)26-22-6-5-18(12-21(16)22)28-25-14-19-11-20(29-7-9-31-10-8-29)13-23(27-19)32-15-24(3,4)30/h5-6,11-14,26,28,30H,7-10,15H2,1-4H3/b25-14+. The Labute approximate surface area is 188 Å². The minimum absolute atomic E-state index is 0.150. The van der Waals surface area contributed by atoms with Crippen molar-refractivity contribution in [1.82, 2.24) is 9.97 Å². The van der Waals surface area contributed by atoms with Gasteiger partial charge in [0.15, 0.2) is 0 Å². The maximum absolute atomic E-state index is 10.0. The molecule has 1 fully saturated rings. The molecule has 0 aliphatic carbocycles. The summed E-state index contributed by atoms with van der Waals surface area (Å²) >= 11 is 0. The third-order valence-electron chi connectivity index (χ3n) is 5.45. The van der Waals surface area contributed by atoms with Crippen molar-refractivity contribution in [2.45, 2.75) is 33.3 Å². The first kappa shape index (κ1) is 22.1. The third kappa shape index (κ3) is 5.38. The van der Waals surface area contributed by atoms with E-state index in [-0.39, 0.29) is 6.61 Å². The molecule has 1 aliphatic heterocycles. The molecule has 1 aliphatic rings. The van der Waals surface area contributed by atoms with Gasteiger partial charge in [0.2, 0.25) is 5.88 Å². The average molecular weight is 438 g/mol. The number of ether oxygens (including phenoxy) is 2. The van der Waals surface area contributed by atoms with Crippen molar-refractivity contribution < 1.29 is 14.6 Å². The highest BCUT2D eigenvalue weighted by molar-refractivity contribution is 5.87. The molecule has 1 saturated heterocycles. The molecule has 32 heavy (non-hydrogen) atoms. The topological polar surface area (TPSA) is 95.0 Å². The van der Waals surface area contributed by atoms with Gasteiger partial charge in [-0.3, -0.25) is 5.43 Å². The van der Waals surface area contributed by atoms with Crippen molar-refractivity contribution in [1.29, 1.82) is 0 Å². The number of aromatic nitrogens is 2. The molecule has 0 atom stereocenters. The smallest absolute Gasteiger partial charge is 0.216 e. The molecule has 3 heterocycles. The Morgan fingerprint density at radius 3 is 2.78 bits per heavy atom. The number of nitrogens with zero attached hydrogens (tertiary/aromatic N) is 3. The van der Waals surface area contributed by atoms with Gasteiger partial charge in [0.1, 0.15) is 6.61 Å². The summed E-state index contributed by atoms with van der Waals surface area (Å²) in [4.78, 5) is 10.2. The lowest BCUT2D eigenvalue weighted by Crippen LogP contribution is -2.36. The zero-order valence-electron chi connectivity index (χ0n) is 19.1. The Hall–Kier alpha value is -3.10. The zero-order chi connectivity index (χ0) is 22.7. The van der Waals surface area contributed by atoms with Crippen molar-refractivity contribution in [2.24, 2.45) is 5.10 Å². The molecule has 0 radical (unpaired) electrons. The molecule has 2 aromatic heterocycles. The van der Waals surface area contributed by atoms with Gasteiger partial charge in [0.25, 0.3) is 0 Å². The number of benzene rings is 1. The molecule has 170 valence electrons. The highest BCUT2D eigenvalue weighted by Crippen LogP contribution is 2.25. The van der Waals surface area contributed by atoms with Crippen LogP contribution in [0.3, 0.4) is 0 Å². The van der Waals surface area contributed by atoms with E-state index in [1.807, 2.05) is 24.3 Å². The number of fused-ring (bicyclic) bond motifs is 1. The van der Waals surface area contributed by atoms with Crippen LogP contribution in [0.15, 0.2) is 35.4 Å². The van der Waals surface area contributed by atoms with Crippen molar-refractivity contribution in [2.75, 3.05) is 43.2 Å². The summed E-state index contributed by atoms with van der Waals surface area (Å²) in [5, 5.41) is 15.6. The zero-order valence-corrected chi connectivity index (χ0v) is 19.1. The fourth-order valence-electron chi connectivity index (χ4n) is 3.61. The molecule has 8 heteroatoms. The first-order valence-corrected chi connectivity index (χ1v) is 10.9. The molecule has 8 nitrogen and oxygen atoms in total. The van der Waals surface area contributed by atoms with Crippen molar-refractivity contribution in [3.63, 3.8) is 0 Å². The second-order valence-electron chi connectivity index (χ2n) is 8.79. The first-order valence-electron chi connectivity index (χ1n) is 10.9. The maximum Gasteiger partial charge on any atom is 0.216 e. The number of H-pyrrole nitrogens is 1. The summed E-state index contributed by atoms with van der Waals surface area (Å²) in [6, 6.07) is 10.0. The Morgan fingerprint density at radius 2 is 2.03 bits per heavy atom. The SMILES string of the molecule is Cc1[nH]c2ccc(N/N=C/c3cc(N4CCOCC4)cc(OCC(C)(C)O)n3)cc2c1C. The number of hydrogen-bond acceptors (Lipinski definition) is 7. The predicted octanol–water partition coefficient (Wildman–Crippen LogP) is 3.61. The predicted molar refractivity (Wildman–Crippen MR) is 128 cm³/mol. The van der Waals surface area contributed by atoms with E-state index in [4.69, 9.17) is 9.47 Å². The largest absolute Gasteiger partial charge is 0.475 e. The van der Waals surface area contributed by atoms with E-state index in [2.05, 4.69) is 45.3 Å². The quantitative estimate of drug-likeness (QED) is 0.386. The van der Waals surface area contributed by atoms with Gasteiger partial charge < -0.3 is 24.5 Å². The molecule has 1 aromatic carbocycles. The molecule has 0 bridgehead atoms. The monoisotopic (exact) mass is 437 g/mol. The van der Waals surface area contributed by atoms with Crippen LogP contribution in [0.1, 0.15) is 30.8 Å². The molecule has 0 saturated carbocycles. The number of rotatable bonds is 7. The highest BCUT2D eigenvalue weighted by atomic mass is 16.5. The van der Waals surface area contributed by atoms with Gasteiger partial charge in [-0.1, -0.05) is 0 Å². The number of aryl methyl sites for hydroxylation is 2. The fraction of sp³-hybridized carbons (Fsp3) is 0.417. The highest BCUT2D eigenvalue weighted by Gasteiger charge is 2.17. The van der Waals surface area contributed by atoms with Crippen LogP contribution >= 0.6 is 0 Å². The molecule has 3 aromatic rings. The number of anilines is 2. The number of nitrogens with one attached hydrogen (secondary N) is 2. The van der Waals surface area contributed by atoms with Gasteiger partial charge in [-0.15, -0.1) is 0 Å². The second kappa shape index (κ2) is 9.18. The summed E-state index contributed by atoms with van der Waals surface area (Å²) in [6.07, 6.45) is 1.68. The van der Waals surface area contributed by atoms with Crippen molar-refractivity contribution in [3.8, 4) is 5.88 Å². The normalized spacial score (nSPS) is 15.0. The summed E-state index contributed by atoms with van der Waals surface area (Å²) in [7, 11) is 0. The van der Waals surface area contributed by atoms with Gasteiger partial charge in [-0.2, -0.15) is 5.10 Å². The van der Waals surface area contributed by atoms with Crippen molar-refractivity contribution in [3.05, 3.63) is 47.3 Å². The Balaban J connectivity index is 1.54. The van der Waals surface area contributed by atoms with Crippen LogP contribution in [0.25, 0.3) is 10.9 Å². The molecule has 3 N–H and O–H groups in total. The van der Waals surface area contributed by atoms with Gasteiger partial charge in [-0.25, -0.2) is 4.98 Å². The molecule has 0 unspecified atom stereocenters. The summed E-state index contributed by atoms with van der Waals surface area (Å²) in [5.41, 5.74) is 8.24. The Bertz CT molecular complexity index is 1110. The molecular formula is C24H31N5O3. The Morgan fingerprint density at radius 1 is 1.25 bits per heavy atom. The van der Waals surface area contributed by atoms with Crippen molar-refractivity contribution >= 4 is 28.5 Å².